The van der Waals surface area contributed by atoms with E-state index in [0.717, 1.165) is 29.3 Å². The van der Waals surface area contributed by atoms with Crippen molar-refractivity contribution in [1.82, 2.24) is 19.3 Å². The molecule has 17 heavy (non-hydrogen) atoms. The molecule has 0 atom stereocenters. The number of fused-ring (bicyclic) bond motifs is 1. The Morgan fingerprint density at radius 2 is 1.94 bits per heavy atom. The molecular weight excluding hydrogens is 212 g/mol. The van der Waals surface area contributed by atoms with Gasteiger partial charge in [-0.05, 0) is 26.9 Å². The number of aryl methyl sites for hydroxylation is 1. The van der Waals surface area contributed by atoms with Crippen molar-refractivity contribution in [3.63, 3.8) is 0 Å². The van der Waals surface area contributed by atoms with Crippen LogP contribution in [-0.4, -0.2) is 33.4 Å². The highest BCUT2D eigenvalue weighted by molar-refractivity contribution is 5.46. The molecule has 0 saturated heterocycles. The summed E-state index contributed by atoms with van der Waals surface area (Å²) in [7, 11) is 4.10. The lowest BCUT2D eigenvalue weighted by atomic mass is 10.2. The standard InChI is InChI=1S/C13H20N4/c1-9(2)11-8-17-6-10(3)14-12(7-16(4)5)13(17)15-11/h6,8-9H,7H2,1-5H3. The third kappa shape index (κ3) is 2.47. The molecule has 0 fully saturated rings. The van der Waals surface area contributed by atoms with Crippen molar-refractivity contribution in [2.45, 2.75) is 33.2 Å². The molecule has 4 heteroatoms. The topological polar surface area (TPSA) is 33.4 Å². The van der Waals surface area contributed by atoms with Gasteiger partial charge in [-0.2, -0.15) is 0 Å². The van der Waals surface area contributed by atoms with Crippen LogP contribution >= 0.6 is 0 Å². The summed E-state index contributed by atoms with van der Waals surface area (Å²) in [6.07, 6.45) is 4.14. The fourth-order valence-corrected chi connectivity index (χ4v) is 1.90. The van der Waals surface area contributed by atoms with E-state index in [0.29, 0.717) is 5.92 Å². The van der Waals surface area contributed by atoms with E-state index in [-0.39, 0.29) is 0 Å². The first-order chi connectivity index (χ1) is 7.97. The van der Waals surface area contributed by atoms with Crippen LogP contribution in [0.4, 0.5) is 0 Å². The average Bonchev–Trinajstić information content (AvgIpc) is 2.60. The third-order valence-electron chi connectivity index (χ3n) is 2.70. The van der Waals surface area contributed by atoms with Gasteiger partial charge in [0.05, 0.1) is 17.1 Å². The monoisotopic (exact) mass is 232 g/mol. The summed E-state index contributed by atoms with van der Waals surface area (Å²) < 4.78 is 2.09. The van der Waals surface area contributed by atoms with E-state index in [9.17, 15) is 0 Å². The van der Waals surface area contributed by atoms with E-state index in [1.165, 1.54) is 0 Å². The molecule has 0 aliphatic carbocycles. The van der Waals surface area contributed by atoms with Gasteiger partial charge in [0.15, 0.2) is 5.65 Å². The number of hydrogen-bond donors (Lipinski definition) is 0. The molecule has 0 N–H and O–H groups in total. The number of aromatic nitrogens is 3. The summed E-state index contributed by atoms with van der Waals surface area (Å²) in [5.41, 5.74) is 4.18. The first kappa shape index (κ1) is 12.0. The lowest BCUT2D eigenvalue weighted by molar-refractivity contribution is 0.397. The summed E-state index contributed by atoms with van der Waals surface area (Å²) in [4.78, 5) is 11.4. The van der Waals surface area contributed by atoms with Gasteiger partial charge in [0.1, 0.15) is 0 Å². The van der Waals surface area contributed by atoms with E-state index in [1.54, 1.807) is 0 Å². The Morgan fingerprint density at radius 1 is 1.24 bits per heavy atom. The van der Waals surface area contributed by atoms with Crippen LogP contribution in [0.15, 0.2) is 12.4 Å². The van der Waals surface area contributed by atoms with Crippen molar-refractivity contribution in [2.24, 2.45) is 0 Å². The Kier molecular flexibility index (Phi) is 3.15. The molecular formula is C13H20N4. The predicted octanol–water partition coefficient (Wildman–Crippen LogP) is 2.22. The molecule has 0 spiro atoms. The van der Waals surface area contributed by atoms with Gasteiger partial charge >= 0.3 is 0 Å². The molecule has 2 heterocycles. The molecule has 2 rings (SSSR count). The van der Waals surface area contributed by atoms with Gasteiger partial charge < -0.3 is 9.30 Å². The minimum atomic E-state index is 0.447. The van der Waals surface area contributed by atoms with Crippen molar-refractivity contribution < 1.29 is 0 Å². The van der Waals surface area contributed by atoms with Gasteiger partial charge in [0.2, 0.25) is 0 Å². The first-order valence-corrected chi connectivity index (χ1v) is 5.97. The number of rotatable bonds is 3. The van der Waals surface area contributed by atoms with Crippen molar-refractivity contribution in [2.75, 3.05) is 14.1 Å². The van der Waals surface area contributed by atoms with Crippen molar-refractivity contribution >= 4 is 5.65 Å². The first-order valence-electron chi connectivity index (χ1n) is 5.97. The summed E-state index contributed by atoms with van der Waals surface area (Å²) in [5, 5.41) is 0. The molecule has 0 aliphatic heterocycles. The lowest BCUT2D eigenvalue weighted by Crippen LogP contribution is -2.13. The predicted molar refractivity (Wildman–Crippen MR) is 69.2 cm³/mol. The summed E-state index contributed by atoms with van der Waals surface area (Å²) in [5.74, 6) is 0.447. The maximum atomic E-state index is 4.68. The van der Waals surface area contributed by atoms with E-state index in [2.05, 4.69) is 39.3 Å². The summed E-state index contributed by atoms with van der Waals surface area (Å²) in [6, 6.07) is 0. The lowest BCUT2D eigenvalue weighted by Gasteiger charge is -2.10. The fraction of sp³-hybridized carbons (Fsp3) is 0.538. The maximum Gasteiger partial charge on any atom is 0.160 e. The van der Waals surface area contributed by atoms with E-state index in [4.69, 9.17) is 0 Å². The van der Waals surface area contributed by atoms with Crippen molar-refractivity contribution in [3.05, 3.63) is 29.5 Å². The molecule has 2 aromatic heterocycles. The molecule has 0 bridgehead atoms. The van der Waals surface area contributed by atoms with Crippen LogP contribution in [0.3, 0.4) is 0 Å². The normalized spacial score (nSPS) is 11.9. The van der Waals surface area contributed by atoms with Gasteiger partial charge in [0, 0.05) is 18.9 Å². The van der Waals surface area contributed by atoms with Gasteiger partial charge in [-0.25, -0.2) is 4.98 Å². The zero-order valence-electron chi connectivity index (χ0n) is 11.2. The second-order valence-electron chi connectivity index (χ2n) is 5.12. The molecule has 2 aromatic rings. The quantitative estimate of drug-likeness (QED) is 0.813. The Bertz CT molecular complexity index is 525. The maximum absolute atomic E-state index is 4.68. The molecule has 4 nitrogen and oxygen atoms in total. The van der Waals surface area contributed by atoms with Crippen LogP contribution in [0.5, 0.6) is 0 Å². The van der Waals surface area contributed by atoms with Crippen LogP contribution < -0.4 is 0 Å². The highest BCUT2D eigenvalue weighted by Crippen LogP contribution is 2.17. The summed E-state index contributed by atoms with van der Waals surface area (Å²) >= 11 is 0. The zero-order chi connectivity index (χ0) is 12.6. The Morgan fingerprint density at radius 3 is 2.53 bits per heavy atom. The number of imidazole rings is 1. The second-order valence-corrected chi connectivity index (χ2v) is 5.12. The Labute approximate surface area is 102 Å². The van der Waals surface area contributed by atoms with Crippen LogP contribution in [0.25, 0.3) is 5.65 Å². The molecule has 0 amide bonds. The minimum Gasteiger partial charge on any atom is -0.303 e. The van der Waals surface area contributed by atoms with E-state index >= 15 is 0 Å². The van der Waals surface area contributed by atoms with E-state index in [1.807, 2.05) is 27.2 Å². The van der Waals surface area contributed by atoms with Gasteiger partial charge in [-0.1, -0.05) is 13.8 Å². The minimum absolute atomic E-state index is 0.447. The Balaban J connectivity index is 2.57. The fourth-order valence-electron chi connectivity index (χ4n) is 1.90. The molecule has 0 aromatic carbocycles. The van der Waals surface area contributed by atoms with Crippen LogP contribution in [0, 0.1) is 6.92 Å². The van der Waals surface area contributed by atoms with E-state index < -0.39 is 0 Å². The SMILES string of the molecule is Cc1cn2cc(C(C)C)nc2c(CN(C)C)n1. The largest absolute Gasteiger partial charge is 0.303 e. The molecule has 0 unspecified atom stereocenters. The van der Waals surface area contributed by atoms with Crippen molar-refractivity contribution in [3.8, 4) is 0 Å². The van der Waals surface area contributed by atoms with Crippen LogP contribution in [0.1, 0.15) is 36.8 Å². The number of hydrogen-bond acceptors (Lipinski definition) is 3. The van der Waals surface area contributed by atoms with Crippen LogP contribution in [-0.2, 0) is 6.54 Å². The zero-order valence-corrected chi connectivity index (χ0v) is 11.2. The summed E-state index contributed by atoms with van der Waals surface area (Å²) in [6.45, 7) is 7.16. The molecule has 0 radical (unpaired) electrons. The molecule has 0 saturated carbocycles. The van der Waals surface area contributed by atoms with Crippen molar-refractivity contribution in [1.29, 1.82) is 0 Å². The highest BCUT2D eigenvalue weighted by atomic mass is 15.1. The second kappa shape index (κ2) is 4.45. The number of nitrogens with zero attached hydrogens (tertiary/aromatic N) is 4. The van der Waals surface area contributed by atoms with Gasteiger partial charge in [-0.3, -0.25) is 4.98 Å². The molecule has 0 aliphatic rings. The third-order valence-corrected chi connectivity index (χ3v) is 2.70. The Hall–Kier alpha value is -1.42. The smallest absolute Gasteiger partial charge is 0.160 e. The average molecular weight is 232 g/mol. The highest BCUT2D eigenvalue weighted by Gasteiger charge is 2.11. The van der Waals surface area contributed by atoms with Gasteiger partial charge in [-0.15, -0.1) is 0 Å². The molecule has 92 valence electrons. The van der Waals surface area contributed by atoms with Gasteiger partial charge in [0.25, 0.3) is 0 Å². The van der Waals surface area contributed by atoms with Crippen LogP contribution in [0.2, 0.25) is 0 Å².